The lowest BCUT2D eigenvalue weighted by molar-refractivity contribution is -0.122. The van der Waals surface area contributed by atoms with Crippen LogP contribution in [0.15, 0.2) is 66.7 Å². The van der Waals surface area contributed by atoms with E-state index in [9.17, 15) is 9.59 Å². The molecule has 3 aromatic carbocycles. The summed E-state index contributed by atoms with van der Waals surface area (Å²) in [6, 6.07) is 20.5. The number of nitrogens with zero attached hydrogens (tertiary/aromatic N) is 3. The lowest BCUT2D eigenvalue weighted by Crippen LogP contribution is -2.50. The standard InChI is InChI=1S/C28H28Cl2N4O3/c1-2-28(20-10-6-7-11-21(20)29)24-23(34(31)26(28)35)13-12-22(30)25(24)32-14-16-33(17-15-32)27(36)37-18-19-8-4-3-5-9-19/h3-13H,2,14-18,31H2,1H3. The van der Waals surface area contributed by atoms with Gasteiger partial charge in [-0.25, -0.2) is 15.6 Å². The molecule has 0 aromatic heterocycles. The summed E-state index contributed by atoms with van der Waals surface area (Å²) in [7, 11) is 0. The summed E-state index contributed by atoms with van der Waals surface area (Å²) in [5, 5.41) is 2.22. The van der Waals surface area contributed by atoms with Gasteiger partial charge in [0.1, 0.15) is 12.0 Å². The van der Waals surface area contributed by atoms with Crippen LogP contribution in [-0.4, -0.2) is 43.1 Å². The predicted molar refractivity (Wildman–Crippen MR) is 146 cm³/mol. The molecule has 5 rings (SSSR count). The molecule has 0 spiro atoms. The zero-order chi connectivity index (χ0) is 26.2. The molecule has 1 unspecified atom stereocenters. The molecule has 2 amide bonds. The van der Waals surface area contributed by atoms with Crippen molar-refractivity contribution in [1.29, 1.82) is 0 Å². The molecule has 2 aliphatic heterocycles. The van der Waals surface area contributed by atoms with Gasteiger partial charge in [-0.05, 0) is 35.7 Å². The van der Waals surface area contributed by atoms with Crippen molar-refractivity contribution in [2.45, 2.75) is 25.4 Å². The number of piperazine rings is 1. The molecule has 2 N–H and O–H groups in total. The minimum Gasteiger partial charge on any atom is -0.445 e. The molecule has 1 fully saturated rings. The molecular formula is C28H28Cl2N4O3. The van der Waals surface area contributed by atoms with Gasteiger partial charge in [0, 0.05) is 36.8 Å². The van der Waals surface area contributed by atoms with E-state index in [0.29, 0.717) is 53.9 Å². The van der Waals surface area contributed by atoms with Crippen molar-refractivity contribution in [3.63, 3.8) is 0 Å². The van der Waals surface area contributed by atoms with Crippen molar-refractivity contribution in [2.75, 3.05) is 36.1 Å². The van der Waals surface area contributed by atoms with Crippen LogP contribution in [-0.2, 0) is 21.6 Å². The lowest BCUT2D eigenvalue weighted by atomic mass is 9.72. The van der Waals surface area contributed by atoms with Crippen LogP contribution in [0.4, 0.5) is 16.2 Å². The second-order valence-electron chi connectivity index (χ2n) is 9.22. The van der Waals surface area contributed by atoms with E-state index in [1.54, 1.807) is 23.1 Å². The van der Waals surface area contributed by atoms with Crippen molar-refractivity contribution in [1.82, 2.24) is 4.90 Å². The average molecular weight is 539 g/mol. The number of halogens is 2. The molecule has 1 saturated heterocycles. The first kappa shape index (κ1) is 25.4. The summed E-state index contributed by atoms with van der Waals surface area (Å²) in [5.41, 5.74) is 2.67. The first-order chi connectivity index (χ1) is 17.9. The zero-order valence-electron chi connectivity index (χ0n) is 20.5. The third-order valence-electron chi connectivity index (χ3n) is 7.30. The van der Waals surface area contributed by atoms with Crippen LogP contribution in [0.2, 0.25) is 10.0 Å². The van der Waals surface area contributed by atoms with Crippen molar-refractivity contribution < 1.29 is 14.3 Å². The van der Waals surface area contributed by atoms with E-state index in [2.05, 4.69) is 4.90 Å². The summed E-state index contributed by atoms with van der Waals surface area (Å²) in [6.45, 7) is 4.15. The van der Waals surface area contributed by atoms with Crippen molar-refractivity contribution in [2.24, 2.45) is 5.84 Å². The van der Waals surface area contributed by atoms with Gasteiger partial charge in [0.05, 0.1) is 16.4 Å². The zero-order valence-corrected chi connectivity index (χ0v) is 22.0. The van der Waals surface area contributed by atoms with Gasteiger partial charge in [-0.15, -0.1) is 0 Å². The number of benzene rings is 3. The normalized spacial score (nSPS) is 19.2. The van der Waals surface area contributed by atoms with Crippen molar-refractivity contribution in [3.05, 3.63) is 93.5 Å². The Kier molecular flexibility index (Phi) is 7.03. The summed E-state index contributed by atoms with van der Waals surface area (Å²) in [6.07, 6.45) is 0.102. The van der Waals surface area contributed by atoms with Gasteiger partial charge in [0.15, 0.2) is 0 Å². The Morgan fingerprint density at radius 3 is 2.30 bits per heavy atom. The van der Waals surface area contributed by atoms with Crippen LogP contribution in [0.5, 0.6) is 0 Å². The molecule has 192 valence electrons. The third kappa shape index (κ3) is 4.31. The van der Waals surface area contributed by atoms with Gasteiger partial charge in [0.2, 0.25) is 0 Å². The molecular weight excluding hydrogens is 511 g/mol. The van der Waals surface area contributed by atoms with Gasteiger partial charge >= 0.3 is 6.09 Å². The molecule has 37 heavy (non-hydrogen) atoms. The smallest absolute Gasteiger partial charge is 0.410 e. The molecule has 0 aliphatic carbocycles. The first-order valence-electron chi connectivity index (χ1n) is 12.3. The maximum absolute atomic E-state index is 13.8. The number of hydrogen-bond acceptors (Lipinski definition) is 5. The van der Waals surface area contributed by atoms with E-state index >= 15 is 0 Å². The maximum atomic E-state index is 13.8. The highest BCUT2D eigenvalue weighted by molar-refractivity contribution is 6.35. The molecule has 7 nitrogen and oxygen atoms in total. The Bertz CT molecular complexity index is 1330. The molecule has 2 aliphatic rings. The van der Waals surface area contributed by atoms with E-state index in [0.717, 1.165) is 16.8 Å². The number of nitrogens with two attached hydrogens (primary N) is 1. The summed E-state index contributed by atoms with van der Waals surface area (Å²) >= 11 is 13.5. The monoisotopic (exact) mass is 538 g/mol. The lowest BCUT2D eigenvalue weighted by Gasteiger charge is -2.39. The Balaban J connectivity index is 1.44. The quantitative estimate of drug-likeness (QED) is 0.349. The number of amides is 2. The number of carbonyl (C=O) groups is 2. The highest BCUT2D eigenvalue weighted by atomic mass is 35.5. The molecule has 0 saturated carbocycles. The SMILES string of the molecule is CCC1(c2ccccc2Cl)C(=O)N(N)c2ccc(Cl)c(N3CCN(C(=O)OCc4ccccc4)CC3)c21. The molecule has 2 heterocycles. The van der Waals surface area contributed by atoms with Crippen LogP contribution in [0.25, 0.3) is 0 Å². The van der Waals surface area contributed by atoms with E-state index in [-0.39, 0.29) is 18.6 Å². The Morgan fingerprint density at radius 1 is 0.946 bits per heavy atom. The van der Waals surface area contributed by atoms with Gasteiger partial charge in [-0.2, -0.15) is 0 Å². The highest BCUT2D eigenvalue weighted by Crippen LogP contribution is 2.54. The summed E-state index contributed by atoms with van der Waals surface area (Å²) in [4.78, 5) is 30.3. The minimum atomic E-state index is -1.07. The molecule has 3 aromatic rings. The molecule has 1 atom stereocenters. The number of hydrogen-bond donors (Lipinski definition) is 1. The third-order valence-corrected chi connectivity index (χ3v) is 7.93. The molecule has 0 bridgehead atoms. The average Bonchev–Trinajstić information content (AvgIpc) is 3.14. The largest absolute Gasteiger partial charge is 0.445 e. The van der Waals surface area contributed by atoms with Gasteiger partial charge in [-0.3, -0.25) is 4.79 Å². The van der Waals surface area contributed by atoms with E-state index in [1.165, 1.54) is 5.01 Å². The van der Waals surface area contributed by atoms with E-state index in [1.807, 2.05) is 55.5 Å². The van der Waals surface area contributed by atoms with Crippen LogP contribution < -0.4 is 15.8 Å². The van der Waals surface area contributed by atoms with Gasteiger partial charge < -0.3 is 14.5 Å². The van der Waals surface area contributed by atoms with E-state index in [4.69, 9.17) is 33.8 Å². The number of rotatable bonds is 5. The highest BCUT2D eigenvalue weighted by Gasteiger charge is 2.53. The van der Waals surface area contributed by atoms with Crippen molar-refractivity contribution in [3.8, 4) is 0 Å². The number of hydrazine groups is 1. The van der Waals surface area contributed by atoms with Crippen LogP contribution in [0.3, 0.4) is 0 Å². The fourth-order valence-electron chi connectivity index (χ4n) is 5.41. The minimum absolute atomic E-state index is 0.225. The fraction of sp³-hybridized carbons (Fsp3) is 0.286. The maximum Gasteiger partial charge on any atom is 0.410 e. The summed E-state index contributed by atoms with van der Waals surface area (Å²) in [5.74, 6) is 6.08. The summed E-state index contributed by atoms with van der Waals surface area (Å²) < 4.78 is 5.52. The van der Waals surface area contributed by atoms with Gasteiger partial charge in [-0.1, -0.05) is 78.7 Å². The Hall–Kier alpha value is -3.26. The fourth-order valence-corrected chi connectivity index (χ4v) is 5.98. The first-order valence-corrected chi connectivity index (χ1v) is 13.0. The van der Waals surface area contributed by atoms with Crippen LogP contribution >= 0.6 is 23.2 Å². The van der Waals surface area contributed by atoms with E-state index < -0.39 is 5.41 Å². The van der Waals surface area contributed by atoms with Crippen LogP contribution in [0.1, 0.15) is 30.0 Å². The number of anilines is 2. The molecule has 0 radical (unpaired) electrons. The Labute approximate surface area is 226 Å². The number of ether oxygens (including phenoxy) is 1. The predicted octanol–water partition coefficient (Wildman–Crippen LogP) is 5.37. The van der Waals surface area contributed by atoms with Crippen molar-refractivity contribution >= 4 is 46.6 Å². The number of carbonyl (C=O) groups excluding carboxylic acids is 2. The van der Waals surface area contributed by atoms with Gasteiger partial charge in [0.25, 0.3) is 5.91 Å². The topological polar surface area (TPSA) is 79.1 Å². The second kappa shape index (κ2) is 10.2. The number of fused-ring (bicyclic) bond motifs is 1. The molecule has 9 heteroatoms. The Morgan fingerprint density at radius 2 is 1.62 bits per heavy atom. The van der Waals surface area contributed by atoms with Crippen LogP contribution in [0, 0.1) is 0 Å². The second-order valence-corrected chi connectivity index (χ2v) is 10.0.